The van der Waals surface area contributed by atoms with Crippen LogP contribution in [0.3, 0.4) is 0 Å². The number of aliphatic hydroxyl groups excluding tert-OH is 3. The summed E-state index contributed by atoms with van der Waals surface area (Å²) in [5.41, 5.74) is 1.72. The summed E-state index contributed by atoms with van der Waals surface area (Å²) in [6.45, 7) is -1.81. The van der Waals surface area contributed by atoms with E-state index in [-0.39, 0.29) is 52.3 Å². The fourth-order valence-corrected chi connectivity index (χ4v) is 4.20. The van der Waals surface area contributed by atoms with Crippen molar-refractivity contribution >= 4 is 24.0 Å². The van der Waals surface area contributed by atoms with Gasteiger partial charge < -0.3 is 29.5 Å². The van der Waals surface area contributed by atoms with Gasteiger partial charge in [0.2, 0.25) is 0 Å². The average Bonchev–Trinajstić information content (AvgIpc) is 2.74. The number of halogens is 1. The topological polar surface area (TPSA) is 123 Å². The number of carbonyl (C=O) groups excluding carboxylic acids is 2. The van der Waals surface area contributed by atoms with Crippen LogP contribution in [0.15, 0.2) is 24.3 Å². The van der Waals surface area contributed by atoms with Gasteiger partial charge in [0.05, 0.1) is 17.2 Å². The smallest absolute Gasteiger partial charge is 0.198 e. The Balaban J connectivity index is 0.00000256. The molecule has 0 heterocycles. The second kappa shape index (κ2) is 9.11. The number of carbonyl (C=O) groups is 2. The van der Waals surface area contributed by atoms with Crippen LogP contribution in [0, 0.1) is 0 Å². The number of hydrogen-bond donors (Lipinski definition) is 3. The van der Waals surface area contributed by atoms with E-state index >= 15 is 0 Å². The average molecular weight is 437 g/mol. The Morgan fingerprint density at radius 1 is 0.833 bits per heavy atom. The molecule has 0 saturated carbocycles. The first kappa shape index (κ1) is 22.2. The van der Waals surface area contributed by atoms with E-state index in [9.17, 15) is 19.8 Å². The molecule has 2 aliphatic rings. The lowest BCUT2D eigenvalue weighted by atomic mass is 9.77. The van der Waals surface area contributed by atoms with Crippen LogP contribution >= 0.6 is 12.4 Å². The van der Waals surface area contributed by atoms with Crippen molar-refractivity contribution in [1.29, 1.82) is 0 Å². The third-order valence-corrected chi connectivity index (χ3v) is 5.36. The highest BCUT2D eigenvalue weighted by molar-refractivity contribution is 6.30. The van der Waals surface area contributed by atoms with Crippen molar-refractivity contribution in [1.82, 2.24) is 0 Å². The quantitative estimate of drug-likeness (QED) is 0.495. The minimum absolute atomic E-state index is 0. The number of rotatable bonds is 6. The summed E-state index contributed by atoms with van der Waals surface area (Å²) in [6.07, 6.45) is 0.942. The molecule has 30 heavy (non-hydrogen) atoms. The van der Waals surface area contributed by atoms with Gasteiger partial charge in [0.1, 0.15) is 18.3 Å². The SMILES string of the molecule is Cl.O=C1c2ccccc2C(=O)c2c(OCO)c3c(c(OCO)c21)CCC(OCO)C3. The summed E-state index contributed by atoms with van der Waals surface area (Å²) >= 11 is 0. The van der Waals surface area contributed by atoms with Gasteiger partial charge in [-0.05, 0) is 12.8 Å². The second-order valence-electron chi connectivity index (χ2n) is 6.78. The van der Waals surface area contributed by atoms with Crippen molar-refractivity contribution in [2.24, 2.45) is 0 Å². The predicted molar refractivity (Wildman–Crippen MR) is 106 cm³/mol. The van der Waals surface area contributed by atoms with E-state index < -0.39 is 31.9 Å². The van der Waals surface area contributed by atoms with Gasteiger partial charge in [-0.15, -0.1) is 12.4 Å². The van der Waals surface area contributed by atoms with Crippen LogP contribution in [0.25, 0.3) is 0 Å². The number of ketones is 2. The molecule has 0 fully saturated rings. The van der Waals surface area contributed by atoms with Crippen LogP contribution in [0.5, 0.6) is 11.5 Å². The number of aliphatic hydroxyl groups is 3. The lowest BCUT2D eigenvalue weighted by Crippen LogP contribution is -2.29. The monoisotopic (exact) mass is 436 g/mol. The van der Waals surface area contributed by atoms with Crippen LogP contribution in [-0.2, 0) is 17.6 Å². The minimum atomic E-state index is -0.687. The van der Waals surface area contributed by atoms with E-state index in [1.165, 1.54) is 0 Å². The van der Waals surface area contributed by atoms with Crippen LogP contribution in [0.4, 0.5) is 0 Å². The second-order valence-corrected chi connectivity index (χ2v) is 6.78. The highest BCUT2D eigenvalue weighted by atomic mass is 35.5. The summed E-state index contributed by atoms with van der Waals surface area (Å²) in [5.74, 6) is -0.563. The molecule has 160 valence electrons. The normalized spacial score (nSPS) is 16.8. The van der Waals surface area contributed by atoms with Crippen molar-refractivity contribution in [2.75, 3.05) is 20.4 Å². The fourth-order valence-electron chi connectivity index (χ4n) is 4.20. The molecule has 9 heteroatoms. The van der Waals surface area contributed by atoms with Crippen molar-refractivity contribution in [3.63, 3.8) is 0 Å². The van der Waals surface area contributed by atoms with Gasteiger partial charge in [0, 0.05) is 28.7 Å². The molecular weight excluding hydrogens is 416 g/mol. The van der Waals surface area contributed by atoms with Gasteiger partial charge in [0.25, 0.3) is 0 Å². The highest BCUT2D eigenvalue weighted by Gasteiger charge is 2.40. The highest BCUT2D eigenvalue weighted by Crippen LogP contribution is 2.46. The minimum Gasteiger partial charge on any atom is -0.467 e. The van der Waals surface area contributed by atoms with Crippen LogP contribution < -0.4 is 9.47 Å². The standard InChI is InChI=1S/C21H20O8.ClH/c22-8-27-11-5-6-14-15(7-11)21(29-10-24)17-16(20(14)28-9-23)18(25)12-3-1-2-4-13(12)19(17)26;/h1-4,11,22-24H,5-10H2;1H. The van der Waals surface area contributed by atoms with Crippen LogP contribution in [-0.4, -0.2) is 53.4 Å². The molecule has 0 spiro atoms. The Morgan fingerprint density at radius 2 is 1.37 bits per heavy atom. The van der Waals surface area contributed by atoms with Gasteiger partial charge in [-0.3, -0.25) is 9.59 Å². The number of hydrogen-bond acceptors (Lipinski definition) is 8. The van der Waals surface area contributed by atoms with E-state index in [1.54, 1.807) is 24.3 Å². The van der Waals surface area contributed by atoms with Crippen LogP contribution in [0.1, 0.15) is 49.4 Å². The predicted octanol–water partition coefficient (Wildman–Crippen LogP) is 1.36. The Kier molecular flexibility index (Phi) is 6.74. The maximum atomic E-state index is 13.3. The molecule has 0 radical (unpaired) electrons. The van der Waals surface area contributed by atoms with Crippen molar-refractivity contribution < 1.29 is 39.1 Å². The summed E-state index contributed by atoms with van der Waals surface area (Å²) in [5, 5.41) is 28.0. The summed E-state index contributed by atoms with van der Waals surface area (Å²) in [7, 11) is 0. The van der Waals surface area contributed by atoms with E-state index in [2.05, 4.69) is 0 Å². The number of benzene rings is 2. The maximum Gasteiger partial charge on any atom is 0.198 e. The first-order valence-corrected chi connectivity index (χ1v) is 9.22. The molecule has 4 rings (SSSR count). The molecule has 1 atom stereocenters. The number of fused-ring (bicyclic) bond motifs is 3. The molecule has 0 aromatic heterocycles. The summed E-state index contributed by atoms with van der Waals surface area (Å²) < 4.78 is 16.2. The van der Waals surface area contributed by atoms with Gasteiger partial charge in [0.15, 0.2) is 25.2 Å². The molecule has 8 nitrogen and oxygen atoms in total. The van der Waals surface area contributed by atoms with E-state index in [0.29, 0.717) is 30.4 Å². The van der Waals surface area contributed by atoms with E-state index in [0.717, 1.165) is 0 Å². The van der Waals surface area contributed by atoms with Gasteiger partial charge in [-0.25, -0.2) is 0 Å². The molecule has 1 unspecified atom stereocenters. The summed E-state index contributed by atoms with van der Waals surface area (Å²) in [4.78, 5) is 26.6. The summed E-state index contributed by atoms with van der Waals surface area (Å²) in [6, 6.07) is 6.46. The van der Waals surface area contributed by atoms with Gasteiger partial charge in [-0.1, -0.05) is 24.3 Å². The van der Waals surface area contributed by atoms with Gasteiger partial charge >= 0.3 is 0 Å². The Bertz CT molecular complexity index is 987. The lowest BCUT2D eigenvalue weighted by molar-refractivity contribution is -0.0547. The molecule has 0 aliphatic heterocycles. The van der Waals surface area contributed by atoms with Crippen molar-refractivity contribution in [3.8, 4) is 11.5 Å². The maximum absolute atomic E-state index is 13.3. The van der Waals surface area contributed by atoms with E-state index in [4.69, 9.17) is 19.3 Å². The van der Waals surface area contributed by atoms with Crippen molar-refractivity contribution in [2.45, 2.75) is 25.4 Å². The number of ether oxygens (including phenoxy) is 3. The molecule has 0 saturated heterocycles. The molecule has 2 aromatic carbocycles. The molecule has 0 bridgehead atoms. The molecule has 0 amide bonds. The zero-order chi connectivity index (χ0) is 20.5. The zero-order valence-electron chi connectivity index (χ0n) is 15.9. The van der Waals surface area contributed by atoms with Crippen LogP contribution in [0.2, 0.25) is 0 Å². The Labute approximate surface area is 178 Å². The molecule has 2 aliphatic carbocycles. The first-order valence-electron chi connectivity index (χ1n) is 9.22. The van der Waals surface area contributed by atoms with E-state index in [1.807, 2.05) is 0 Å². The largest absolute Gasteiger partial charge is 0.467 e. The molecule has 3 N–H and O–H groups in total. The fraction of sp³-hybridized carbons (Fsp3) is 0.333. The zero-order valence-corrected chi connectivity index (χ0v) is 16.7. The molecule has 2 aromatic rings. The lowest BCUT2D eigenvalue weighted by Gasteiger charge is -2.31. The molecular formula is C21H21ClO8. The third kappa shape index (κ3) is 3.46. The Hall–Kier alpha value is -2.49. The van der Waals surface area contributed by atoms with Gasteiger partial charge in [-0.2, -0.15) is 0 Å². The van der Waals surface area contributed by atoms with Crippen molar-refractivity contribution in [3.05, 3.63) is 57.6 Å². The first-order chi connectivity index (χ1) is 14.1. The third-order valence-electron chi connectivity index (χ3n) is 5.36. The Morgan fingerprint density at radius 3 is 1.87 bits per heavy atom.